The summed E-state index contributed by atoms with van der Waals surface area (Å²) in [5.41, 5.74) is 1.25. The number of carbonyl (C=O) groups is 2. The van der Waals surface area contributed by atoms with Crippen LogP contribution in [-0.4, -0.2) is 63.9 Å². The number of ether oxygens (including phenoxy) is 3. The lowest BCUT2D eigenvalue weighted by molar-refractivity contribution is -0.140. The molecule has 0 saturated heterocycles. The SMILES string of the molecule is CCC(C)NC(=O)C(C)N(Cc1cccc(OC)c1)C(=O)CCCN(c1ccc2c(c1)OCO2)S(C)(=O)=O. The minimum absolute atomic E-state index is 0.0243. The maximum atomic E-state index is 13.4. The van der Waals surface area contributed by atoms with Crippen molar-refractivity contribution in [1.82, 2.24) is 10.2 Å². The van der Waals surface area contributed by atoms with Gasteiger partial charge < -0.3 is 24.4 Å². The largest absolute Gasteiger partial charge is 0.497 e. The summed E-state index contributed by atoms with van der Waals surface area (Å²) in [5.74, 6) is 1.18. The summed E-state index contributed by atoms with van der Waals surface area (Å²) < 4.78 is 42.4. The number of sulfonamides is 1. The standard InChI is InChI=1S/C27H37N3O7S/c1-6-19(2)28-27(32)20(3)29(17-21-9-7-10-23(15-21)35-4)26(31)11-8-14-30(38(5,33)34)22-12-13-24-25(16-22)37-18-36-24/h7,9-10,12-13,15-16,19-20H,6,8,11,14,17-18H2,1-5H3,(H,28,32). The van der Waals surface area contributed by atoms with Gasteiger partial charge in [-0.2, -0.15) is 0 Å². The number of nitrogens with zero attached hydrogens (tertiary/aromatic N) is 2. The van der Waals surface area contributed by atoms with E-state index >= 15 is 0 Å². The van der Waals surface area contributed by atoms with Crippen LogP contribution in [0.15, 0.2) is 42.5 Å². The molecule has 0 fully saturated rings. The van der Waals surface area contributed by atoms with Crippen molar-refractivity contribution >= 4 is 27.5 Å². The lowest BCUT2D eigenvalue weighted by Crippen LogP contribution is -2.49. The van der Waals surface area contributed by atoms with Crippen molar-refractivity contribution in [2.45, 2.75) is 58.7 Å². The van der Waals surface area contributed by atoms with Gasteiger partial charge in [-0.1, -0.05) is 19.1 Å². The third-order valence-electron chi connectivity index (χ3n) is 6.45. The van der Waals surface area contributed by atoms with Crippen LogP contribution in [0.2, 0.25) is 0 Å². The number of carbonyl (C=O) groups excluding carboxylic acids is 2. The summed E-state index contributed by atoms with van der Waals surface area (Å²) in [7, 11) is -2.05. The lowest BCUT2D eigenvalue weighted by Gasteiger charge is -2.30. The van der Waals surface area contributed by atoms with Crippen LogP contribution in [0, 0.1) is 0 Å². The number of fused-ring (bicyclic) bond motifs is 1. The molecule has 1 aliphatic heterocycles. The zero-order valence-corrected chi connectivity index (χ0v) is 23.4. The number of hydrogen-bond donors (Lipinski definition) is 1. The monoisotopic (exact) mass is 547 g/mol. The van der Waals surface area contributed by atoms with Crippen LogP contribution < -0.4 is 23.8 Å². The summed E-state index contributed by atoms with van der Waals surface area (Å²) >= 11 is 0. The van der Waals surface area contributed by atoms with Gasteiger partial charge in [0.25, 0.3) is 0 Å². The van der Waals surface area contributed by atoms with E-state index in [2.05, 4.69) is 5.32 Å². The van der Waals surface area contributed by atoms with E-state index in [1.54, 1.807) is 32.2 Å². The summed E-state index contributed by atoms with van der Waals surface area (Å²) in [5, 5.41) is 2.94. The Labute approximate surface area is 224 Å². The Kier molecular flexibility index (Phi) is 9.84. The third kappa shape index (κ3) is 7.53. The zero-order chi connectivity index (χ0) is 27.9. The predicted octanol–water partition coefficient (Wildman–Crippen LogP) is 3.30. The van der Waals surface area contributed by atoms with Crippen LogP contribution in [0.25, 0.3) is 0 Å². The second-order valence-corrected chi connectivity index (χ2v) is 11.3. The quantitative estimate of drug-likeness (QED) is 0.409. The lowest BCUT2D eigenvalue weighted by atomic mass is 10.1. The molecule has 10 nitrogen and oxygen atoms in total. The van der Waals surface area contributed by atoms with Gasteiger partial charge in [-0.15, -0.1) is 0 Å². The van der Waals surface area contributed by atoms with Gasteiger partial charge in [0.1, 0.15) is 11.8 Å². The van der Waals surface area contributed by atoms with Crippen molar-refractivity contribution in [2.24, 2.45) is 0 Å². The summed E-state index contributed by atoms with van der Waals surface area (Å²) in [4.78, 5) is 27.9. The number of methoxy groups -OCH3 is 1. The molecular formula is C27H37N3O7S. The molecule has 2 unspecified atom stereocenters. The van der Waals surface area contributed by atoms with Crippen molar-refractivity contribution in [2.75, 3.05) is 31.0 Å². The van der Waals surface area contributed by atoms with E-state index in [-0.39, 0.29) is 50.6 Å². The maximum absolute atomic E-state index is 13.4. The fraction of sp³-hybridized carbons (Fsp3) is 0.481. The van der Waals surface area contributed by atoms with Crippen LogP contribution in [0.5, 0.6) is 17.2 Å². The smallest absolute Gasteiger partial charge is 0.242 e. The molecule has 0 aromatic heterocycles. The minimum Gasteiger partial charge on any atom is -0.497 e. The van der Waals surface area contributed by atoms with Crippen LogP contribution in [-0.2, 0) is 26.2 Å². The number of rotatable bonds is 13. The second-order valence-electron chi connectivity index (χ2n) is 9.34. The first-order valence-corrected chi connectivity index (χ1v) is 14.5. The molecule has 1 N–H and O–H groups in total. The normalized spacial score (nSPS) is 13.9. The summed E-state index contributed by atoms with van der Waals surface area (Å²) in [6.45, 7) is 5.97. The molecule has 38 heavy (non-hydrogen) atoms. The first kappa shape index (κ1) is 29.1. The highest BCUT2D eigenvalue weighted by molar-refractivity contribution is 7.92. The van der Waals surface area contributed by atoms with Crippen LogP contribution in [0.3, 0.4) is 0 Å². The molecule has 0 bridgehead atoms. The van der Waals surface area contributed by atoms with E-state index in [1.165, 1.54) is 9.21 Å². The van der Waals surface area contributed by atoms with E-state index in [4.69, 9.17) is 14.2 Å². The van der Waals surface area contributed by atoms with Gasteiger partial charge in [-0.05, 0) is 56.5 Å². The molecule has 0 aliphatic carbocycles. The predicted molar refractivity (Wildman–Crippen MR) is 145 cm³/mol. The van der Waals surface area contributed by atoms with Crippen LogP contribution >= 0.6 is 0 Å². The molecule has 2 amide bonds. The van der Waals surface area contributed by atoms with Crippen LogP contribution in [0.4, 0.5) is 5.69 Å². The average Bonchev–Trinajstić information content (AvgIpc) is 3.36. The molecule has 0 spiro atoms. The van der Waals surface area contributed by atoms with Gasteiger partial charge in [-0.3, -0.25) is 13.9 Å². The van der Waals surface area contributed by atoms with Gasteiger partial charge in [0.15, 0.2) is 11.5 Å². The highest BCUT2D eigenvalue weighted by Crippen LogP contribution is 2.36. The first-order valence-electron chi connectivity index (χ1n) is 12.6. The Morgan fingerprint density at radius 3 is 2.53 bits per heavy atom. The molecule has 1 heterocycles. The van der Waals surface area contributed by atoms with Crippen molar-refractivity contribution in [3.63, 3.8) is 0 Å². The van der Waals surface area contributed by atoms with E-state index in [1.807, 2.05) is 38.1 Å². The number of benzene rings is 2. The molecular weight excluding hydrogens is 510 g/mol. The average molecular weight is 548 g/mol. The topological polar surface area (TPSA) is 114 Å². The van der Waals surface area contributed by atoms with Gasteiger partial charge in [-0.25, -0.2) is 8.42 Å². The van der Waals surface area contributed by atoms with Gasteiger partial charge >= 0.3 is 0 Å². The van der Waals surface area contributed by atoms with Crippen molar-refractivity contribution in [3.8, 4) is 17.2 Å². The highest BCUT2D eigenvalue weighted by Gasteiger charge is 2.28. The van der Waals surface area contributed by atoms with E-state index in [9.17, 15) is 18.0 Å². The van der Waals surface area contributed by atoms with Gasteiger partial charge in [0.2, 0.25) is 28.6 Å². The van der Waals surface area contributed by atoms with E-state index in [0.717, 1.165) is 18.2 Å². The third-order valence-corrected chi connectivity index (χ3v) is 7.65. The molecule has 0 saturated carbocycles. The molecule has 2 atom stereocenters. The molecule has 11 heteroatoms. The van der Waals surface area contributed by atoms with Crippen molar-refractivity contribution < 1.29 is 32.2 Å². The molecule has 2 aromatic carbocycles. The number of anilines is 1. The minimum atomic E-state index is -3.62. The Balaban J connectivity index is 1.74. The second kappa shape index (κ2) is 12.9. The molecule has 208 valence electrons. The number of nitrogens with one attached hydrogen (secondary N) is 1. The fourth-order valence-corrected chi connectivity index (χ4v) is 5.02. The molecule has 2 aromatic rings. The van der Waals surface area contributed by atoms with Crippen molar-refractivity contribution in [1.29, 1.82) is 0 Å². The van der Waals surface area contributed by atoms with Crippen LogP contribution in [0.1, 0.15) is 45.6 Å². The van der Waals surface area contributed by atoms with Gasteiger partial charge in [0.05, 0.1) is 19.1 Å². The first-order chi connectivity index (χ1) is 18.0. The summed E-state index contributed by atoms with van der Waals surface area (Å²) in [6.07, 6.45) is 2.20. The number of amides is 2. The van der Waals surface area contributed by atoms with E-state index < -0.39 is 16.1 Å². The fourth-order valence-electron chi connectivity index (χ4n) is 4.06. The number of hydrogen-bond acceptors (Lipinski definition) is 7. The molecule has 0 radical (unpaired) electrons. The summed E-state index contributed by atoms with van der Waals surface area (Å²) in [6, 6.07) is 11.5. The Bertz CT molecular complexity index is 1230. The zero-order valence-electron chi connectivity index (χ0n) is 22.6. The highest BCUT2D eigenvalue weighted by atomic mass is 32.2. The Morgan fingerprint density at radius 2 is 1.84 bits per heavy atom. The Morgan fingerprint density at radius 1 is 1.11 bits per heavy atom. The van der Waals surface area contributed by atoms with Gasteiger partial charge in [0, 0.05) is 31.6 Å². The maximum Gasteiger partial charge on any atom is 0.242 e. The molecule has 3 rings (SSSR count). The van der Waals surface area contributed by atoms with E-state index in [0.29, 0.717) is 22.9 Å². The Hall–Kier alpha value is -3.47. The molecule has 1 aliphatic rings. The van der Waals surface area contributed by atoms with Crippen molar-refractivity contribution in [3.05, 3.63) is 48.0 Å².